The van der Waals surface area contributed by atoms with Crippen molar-refractivity contribution >= 4 is 5.91 Å². The molecule has 0 aromatic carbocycles. The number of hydrogen-bond donors (Lipinski definition) is 1. The second-order valence-electron chi connectivity index (χ2n) is 4.70. The first-order valence-corrected chi connectivity index (χ1v) is 5.13. The van der Waals surface area contributed by atoms with E-state index in [4.69, 9.17) is 0 Å². The summed E-state index contributed by atoms with van der Waals surface area (Å²) in [6.07, 6.45) is 1.73. The number of pyridine rings is 1. The first-order chi connectivity index (χ1) is 6.91. The predicted octanol–water partition coefficient (Wildman–Crippen LogP) is 2.30. The van der Waals surface area contributed by atoms with Gasteiger partial charge >= 0.3 is 0 Å². The van der Waals surface area contributed by atoms with Crippen LogP contribution in [0.15, 0.2) is 24.4 Å². The van der Waals surface area contributed by atoms with E-state index in [1.807, 2.05) is 45.9 Å². The normalized spacial score (nSPS) is 13.3. The lowest BCUT2D eigenvalue weighted by Gasteiger charge is -2.21. The summed E-state index contributed by atoms with van der Waals surface area (Å²) < 4.78 is 0. The number of carbonyl (C=O) groups is 1. The minimum absolute atomic E-state index is 0.0423. The van der Waals surface area contributed by atoms with E-state index in [1.165, 1.54) is 0 Å². The van der Waals surface area contributed by atoms with Crippen molar-refractivity contribution in [2.45, 2.75) is 33.7 Å². The maximum absolute atomic E-state index is 11.7. The molecule has 1 rings (SSSR count). The highest BCUT2D eigenvalue weighted by Gasteiger charge is 2.23. The zero-order valence-corrected chi connectivity index (χ0v) is 9.74. The van der Waals surface area contributed by atoms with Crippen LogP contribution in [0.25, 0.3) is 0 Å². The Hall–Kier alpha value is -1.38. The maximum Gasteiger partial charge on any atom is 0.225 e. The fraction of sp³-hybridized carbons (Fsp3) is 0.500. The van der Waals surface area contributed by atoms with Crippen LogP contribution in [0.4, 0.5) is 0 Å². The van der Waals surface area contributed by atoms with E-state index < -0.39 is 0 Å². The van der Waals surface area contributed by atoms with Crippen molar-refractivity contribution in [3.63, 3.8) is 0 Å². The lowest BCUT2D eigenvalue weighted by molar-refractivity contribution is -0.129. The molecule has 1 heterocycles. The van der Waals surface area contributed by atoms with Crippen LogP contribution >= 0.6 is 0 Å². The molecular weight excluding hydrogens is 188 g/mol. The van der Waals surface area contributed by atoms with Gasteiger partial charge in [-0.1, -0.05) is 26.8 Å². The van der Waals surface area contributed by atoms with E-state index in [1.54, 1.807) is 6.20 Å². The fourth-order valence-electron chi connectivity index (χ4n) is 1.12. The monoisotopic (exact) mass is 206 g/mol. The Kier molecular flexibility index (Phi) is 3.45. The summed E-state index contributed by atoms with van der Waals surface area (Å²) in [6, 6.07) is 5.65. The highest BCUT2D eigenvalue weighted by molar-refractivity contribution is 5.81. The molecular formula is C12H18N2O. The number of rotatable bonds is 2. The Labute approximate surface area is 90.9 Å². The van der Waals surface area contributed by atoms with Gasteiger partial charge < -0.3 is 5.32 Å². The van der Waals surface area contributed by atoms with Crippen molar-refractivity contribution in [1.82, 2.24) is 10.3 Å². The number of amides is 1. The molecule has 0 aliphatic heterocycles. The largest absolute Gasteiger partial charge is 0.348 e. The summed E-state index contributed by atoms with van der Waals surface area (Å²) in [5, 5.41) is 2.93. The summed E-state index contributed by atoms with van der Waals surface area (Å²) in [5.41, 5.74) is 0.526. The third-order valence-electron chi connectivity index (χ3n) is 2.16. The highest BCUT2D eigenvalue weighted by atomic mass is 16.2. The van der Waals surface area contributed by atoms with Crippen molar-refractivity contribution in [3.05, 3.63) is 30.1 Å². The molecule has 0 unspecified atom stereocenters. The zero-order valence-electron chi connectivity index (χ0n) is 9.74. The van der Waals surface area contributed by atoms with E-state index in [2.05, 4.69) is 10.3 Å². The Morgan fingerprint density at radius 1 is 1.40 bits per heavy atom. The van der Waals surface area contributed by atoms with E-state index in [0.29, 0.717) is 0 Å². The number of hydrogen-bond acceptors (Lipinski definition) is 2. The van der Waals surface area contributed by atoms with Crippen LogP contribution < -0.4 is 5.32 Å². The first-order valence-electron chi connectivity index (χ1n) is 5.13. The highest BCUT2D eigenvalue weighted by Crippen LogP contribution is 2.16. The van der Waals surface area contributed by atoms with Gasteiger partial charge in [-0.05, 0) is 19.1 Å². The molecule has 0 spiro atoms. The van der Waals surface area contributed by atoms with Gasteiger partial charge in [-0.3, -0.25) is 9.78 Å². The second-order valence-corrected chi connectivity index (χ2v) is 4.70. The van der Waals surface area contributed by atoms with Gasteiger partial charge in [0.15, 0.2) is 0 Å². The fourth-order valence-corrected chi connectivity index (χ4v) is 1.12. The van der Waals surface area contributed by atoms with Crippen LogP contribution in [-0.4, -0.2) is 10.9 Å². The number of carbonyl (C=O) groups excluding carboxylic acids is 1. The summed E-state index contributed by atoms with van der Waals surface area (Å²) in [7, 11) is 0. The minimum atomic E-state index is -0.358. The molecule has 15 heavy (non-hydrogen) atoms. The minimum Gasteiger partial charge on any atom is -0.348 e. The van der Waals surface area contributed by atoms with Crippen LogP contribution in [-0.2, 0) is 4.79 Å². The van der Waals surface area contributed by atoms with Gasteiger partial charge in [-0.2, -0.15) is 0 Å². The summed E-state index contributed by atoms with van der Waals surface area (Å²) >= 11 is 0. The average Bonchev–Trinajstić information content (AvgIpc) is 2.17. The molecule has 0 saturated carbocycles. The van der Waals surface area contributed by atoms with Crippen LogP contribution in [0.2, 0.25) is 0 Å². The smallest absolute Gasteiger partial charge is 0.225 e. The van der Waals surface area contributed by atoms with E-state index in [9.17, 15) is 4.79 Å². The predicted molar refractivity (Wildman–Crippen MR) is 60.2 cm³/mol. The lowest BCUT2D eigenvalue weighted by Crippen LogP contribution is -2.36. The number of nitrogens with zero attached hydrogens (tertiary/aromatic N) is 1. The molecule has 1 aromatic heterocycles. The van der Waals surface area contributed by atoms with Crippen LogP contribution in [0.1, 0.15) is 39.4 Å². The summed E-state index contributed by atoms with van der Waals surface area (Å²) in [5.74, 6) is 0.0423. The van der Waals surface area contributed by atoms with Gasteiger partial charge in [0.1, 0.15) is 0 Å². The number of nitrogens with one attached hydrogen (secondary N) is 1. The Morgan fingerprint density at radius 2 is 2.07 bits per heavy atom. The molecule has 0 aliphatic rings. The van der Waals surface area contributed by atoms with Gasteiger partial charge in [0, 0.05) is 11.6 Å². The third-order valence-corrected chi connectivity index (χ3v) is 2.16. The zero-order chi connectivity index (χ0) is 11.5. The standard InChI is InChI=1S/C12H18N2O/c1-9(10-7-5-6-8-13-10)14-11(15)12(2,3)4/h5-9H,1-4H3,(H,14,15)/t9-/m0/s1. The molecule has 0 radical (unpaired) electrons. The lowest BCUT2D eigenvalue weighted by atomic mass is 9.95. The molecule has 1 N–H and O–H groups in total. The van der Waals surface area contributed by atoms with Gasteiger partial charge in [0.05, 0.1) is 11.7 Å². The molecule has 0 fully saturated rings. The van der Waals surface area contributed by atoms with Crippen molar-refractivity contribution in [2.75, 3.05) is 0 Å². The molecule has 1 aromatic rings. The Morgan fingerprint density at radius 3 is 2.53 bits per heavy atom. The van der Waals surface area contributed by atoms with E-state index >= 15 is 0 Å². The third kappa shape index (κ3) is 3.35. The van der Waals surface area contributed by atoms with Crippen molar-refractivity contribution in [1.29, 1.82) is 0 Å². The second kappa shape index (κ2) is 4.43. The molecule has 1 amide bonds. The molecule has 0 saturated heterocycles. The first kappa shape index (κ1) is 11.7. The summed E-state index contributed by atoms with van der Waals surface area (Å²) in [4.78, 5) is 15.9. The van der Waals surface area contributed by atoms with Gasteiger partial charge in [-0.15, -0.1) is 0 Å². The van der Waals surface area contributed by atoms with Crippen molar-refractivity contribution < 1.29 is 4.79 Å². The molecule has 82 valence electrons. The molecule has 0 aliphatic carbocycles. The maximum atomic E-state index is 11.7. The number of aromatic nitrogens is 1. The van der Waals surface area contributed by atoms with E-state index in [0.717, 1.165) is 5.69 Å². The quantitative estimate of drug-likeness (QED) is 0.806. The van der Waals surface area contributed by atoms with Gasteiger partial charge in [-0.25, -0.2) is 0 Å². The topological polar surface area (TPSA) is 42.0 Å². The Bertz CT molecular complexity index is 327. The SMILES string of the molecule is C[C@H](NC(=O)C(C)(C)C)c1ccccn1. The van der Waals surface area contributed by atoms with Crippen molar-refractivity contribution in [2.24, 2.45) is 5.41 Å². The van der Waals surface area contributed by atoms with Crippen molar-refractivity contribution in [3.8, 4) is 0 Å². The molecule has 3 heteroatoms. The van der Waals surface area contributed by atoms with Crippen LogP contribution in [0.3, 0.4) is 0 Å². The van der Waals surface area contributed by atoms with Crippen LogP contribution in [0.5, 0.6) is 0 Å². The molecule has 1 atom stereocenters. The molecule has 0 bridgehead atoms. The van der Waals surface area contributed by atoms with Gasteiger partial charge in [0.25, 0.3) is 0 Å². The average molecular weight is 206 g/mol. The van der Waals surface area contributed by atoms with E-state index in [-0.39, 0.29) is 17.4 Å². The van der Waals surface area contributed by atoms with Gasteiger partial charge in [0.2, 0.25) is 5.91 Å². The Balaban J connectivity index is 2.65. The molecule has 3 nitrogen and oxygen atoms in total. The van der Waals surface area contributed by atoms with Crippen LogP contribution in [0, 0.1) is 5.41 Å². The summed E-state index contributed by atoms with van der Waals surface area (Å²) in [6.45, 7) is 7.63.